The lowest BCUT2D eigenvalue weighted by atomic mass is 9.87. The second-order valence-electron chi connectivity index (χ2n) is 3.71. The number of hydrogen-bond donors (Lipinski definition) is 1. The molecule has 1 N–H and O–H groups in total. The minimum Gasteiger partial charge on any atom is -0.467 e. The number of ether oxygens (including phenoxy) is 1. The van der Waals surface area contributed by atoms with Crippen molar-refractivity contribution in [2.45, 2.75) is 24.6 Å². The summed E-state index contributed by atoms with van der Waals surface area (Å²) >= 11 is 0. The Morgan fingerprint density at radius 3 is 2.44 bits per heavy atom. The minimum atomic E-state index is -5.11. The summed E-state index contributed by atoms with van der Waals surface area (Å²) < 4.78 is 40.8. The average Bonchev–Trinajstić information content (AvgIpc) is 2.30. The van der Waals surface area contributed by atoms with Crippen LogP contribution in [0.15, 0.2) is 12.2 Å². The molecule has 1 rings (SSSR count). The molecule has 5 nitrogen and oxygen atoms in total. The summed E-state index contributed by atoms with van der Waals surface area (Å²) in [7, 11) is 0.980. The van der Waals surface area contributed by atoms with E-state index >= 15 is 0 Å². The van der Waals surface area contributed by atoms with Crippen LogP contribution < -0.4 is 5.32 Å². The van der Waals surface area contributed by atoms with Crippen molar-refractivity contribution in [3.63, 3.8) is 0 Å². The van der Waals surface area contributed by atoms with Crippen LogP contribution in [0.2, 0.25) is 0 Å². The van der Waals surface area contributed by atoms with Crippen molar-refractivity contribution >= 4 is 17.7 Å². The molecular weight excluding hydrogens is 255 g/mol. The van der Waals surface area contributed by atoms with Gasteiger partial charge in [-0.25, -0.2) is 4.79 Å². The van der Waals surface area contributed by atoms with Gasteiger partial charge in [-0.3, -0.25) is 9.59 Å². The molecule has 100 valence electrons. The molecule has 1 atom stereocenters. The third-order valence-electron chi connectivity index (χ3n) is 2.46. The lowest BCUT2D eigenvalue weighted by molar-refractivity contribution is -0.177. The van der Waals surface area contributed by atoms with E-state index in [0.29, 0.717) is 0 Å². The van der Waals surface area contributed by atoms with Crippen molar-refractivity contribution < 1.29 is 32.3 Å². The van der Waals surface area contributed by atoms with Crippen molar-refractivity contribution in [1.82, 2.24) is 5.32 Å². The van der Waals surface area contributed by atoms with Crippen LogP contribution in [0.25, 0.3) is 0 Å². The molecule has 1 amide bonds. The second kappa shape index (κ2) is 4.79. The van der Waals surface area contributed by atoms with Gasteiger partial charge in [0.05, 0.1) is 7.11 Å². The van der Waals surface area contributed by atoms with Gasteiger partial charge in [0.1, 0.15) is 0 Å². The number of methoxy groups -OCH3 is 1. The van der Waals surface area contributed by atoms with Crippen molar-refractivity contribution in [3.05, 3.63) is 12.2 Å². The number of amides is 1. The van der Waals surface area contributed by atoms with Crippen LogP contribution in [0.4, 0.5) is 13.2 Å². The van der Waals surface area contributed by atoms with Gasteiger partial charge in [0.15, 0.2) is 11.3 Å². The Labute approximate surface area is 100.0 Å². The zero-order valence-electron chi connectivity index (χ0n) is 9.34. The van der Waals surface area contributed by atoms with E-state index < -0.39 is 23.6 Å². The zero-order valence-corrected chi connectivity index (χ0v) is 9.34. The molecule has 0 heterocycles. The molecule has 1 unspecified atom stereocenters. The summed E-state index contributed by atoms with van der Waals surface area (Å²) in [6.45, 7) is 0. The molecule has 0 saturated carbocycles. The SMILES string of the molecule is COC(=O)C1(NC(=O)C(F)(F)F)C=CC(=O)CC1. The molecule has 0 aromatic carbocycles. The van der Waals surface area contributed by atoms with E-state index in [1.807, 2.05) is 0 Å². The molecule has 0 spiro atoms. The normalized spacial score (nSPS) is 23.7. The monoisotopic (exact) mass is 265 g/mol. The molecule has 0 aromatic rings. The summed E-state index contributed by atoms with van der Waals surface area (Å²) in [6, 6.07) is 0. The molecule has 1 aliphatic rings. The maximum absolute atomic E-state index is 12.2. The Bertz CT molecular complexity index is 416. The topological polar surface area (TPSA) is 72.5 Å². The fourth-order valence-electron chi connectivity index (χ4n) is 1.50. The Hall–Kier alpha value is -1.86. The van der Waals surface area contributed by atoms with Gasteiger partial charge in [0, 0.05) is 6.42 Å². The van der Waals surface area contributed by atoms with E-state index in [1.54, 1.807) is 5.32 Å². The minimum absolute atomic E-state index is 0.149. The van der Waals surface area contributed by atoms with Gasteiger partial charge in [-0.15, -0.1) is 0 Å². The standard InChI is InChI=1S/C10H10F3NO4/c1-18-8(17)9(4-2-6(15)3-5-9)14-7(16)10(11,12)13/h2,4H,3,5H2,1H3,(H,14,16). The molecular formula is C10H10F3NO4. The van der Waals surface area contributed by atoms with Crippen LogP contribution in [0.1, 0.15) is 12.8 Å². The fourth-order valence-corrected chi connectivity index (χ4v) is 1.50. The van der Waals surface area contributed by atoms with E-state index in [4.69, 9.17) is 0 Å². The summed E-state index contributed by atoms with van der Waals surface area (Å²) in [5, 5.41) is 1.57. The number of carbonyl (C=O) groups is 3. The molecule has 8 heteroatoms. The van der Waals surface area contributed by atoms with Crippen molar-refractivity contribution in [3.8, 4) is 0 Å². The first kappa shape index (κ1) is 14.2. The molecule has 0 aliphatic heterocycles. The number of carbonyl (C=O) groups excluding carboxylic acids is 3. The number of alkyl halides is 3. The average molecular weight is 265 g/mol. The van der Waals surface area contributed by atoms with Crippen molar-refractivity contribution in [2.24, 2.45) is 0 Å². The van der Waals surface area contributed by atoms with Crippen LogP contribution in [-0.4, -0.2) is 36.5 Å². The van der Waals surface area contributed by atoms with Gasteiger partial charge < -0.3 is 10.1 Å². The number of halogens is 3. The summed E-state index contributed by atoms with van der Waals surface area (Å²) in [6.07, 6.45) is -3.65. The Balaban J connectivity index is 3.01. The first-order valence-electron chi connectivity index (χ1n) is 4.91. The molecule has 0 aromatic heterocycles. The molecule has 1 aliphatic carbocycles. The molecule has 0 saturated heterocycles. The highest BCUT2D eigenvalue weighted by molar-refractivity contribution is 5.98. The highest BCUT2D eigenvalue weighted by Crippen LogP contribution is 2.24. The van der Waals surface area contributed by atoms with Gasteiger partial charge in [0.2, 0.25) is 0 Å². The third-order valence-corrected chi connectivity index (χ3v) is 2.46. The van der Waals surface area contributed by atoms with Gasteiger partial charge in [-0.2, -0.15) is 13.2 Å². The number of esters is 1. The number of nitrogens with one attached hydrogen (secondary N) is 1. The number of rotatable bonds is 2. The Morgan fingerprint density at radius 2 is 2.06 bits per heavy atom. The van der Waals surface area contributed by atoms with Crippen molar-refractivity contribution in [1.29, 1.82) is 0 Å². The predicted octanol–water partition coefficient (Wildman–Crippen LogP) is 0.496. The number of hydrogen-bond acceptors (Lipinski definition) is 4. The molecule has 18 heavy (non-hydrogen) atoms. The quantitative estimate of drug-likeness (QED) is 0.738. The van der Waals surface area contributed by atoms with Crippen LogP contribution in [0.3, 0.4) is 0 Å². The van der Waals surface area contributed by atoms with Crippen LogP contribution in [-0.2, 0) is 19.1 Å². The van der Waals surface area contributed by atoms with Gasteiger partial charge in [0.25, 0.3) is 0 Å². The van der Waals surface area contributed by atoms with E-state index in [0.717, 1.165) is 19.3 Å². The Kier molecular flexibility index (Phi) is 3.78. The smallest absolute Gasteiger partial charge is 0.467 e. The highest BCUT2D eigenvalue weighted by Gasteiger charge is 2.47. The van der Waals surface area contributed by atoms with Gasteiger partial charge >= 0.3 is 18.1 Å². The predicted molar refractivity (Wildman–Crippen MR) is 52.3 cm³/mol. The lowest BCUT2D eigenvalue weighted by Crippen LogP contribution is -2.58. The highest BCUT2D eigenvalue weighted by atomic mass is 19.4. The van der Waals surface area contributed by atoms with E-state index in [9.17, 15) is 27.6 Å². The Morgan fingerprint density at radius 1 is 1.44 bits per heavy atom. The first-order valence-corrected chi connectivity index (χ1v) is 4.91. The van der Waals surface area contributed by atoms with Crippen molar-refractivity contribution in [2.75, 3.05) is 7.11 Å². The van der Waals surface area contributed by atoms with Crippen LogP contribution >= 0.6 is 0 Å². The van der Waals surface area contributed by atoms with Crippen LogP contribution in [0.5, 0.6) is 0 Å². The van der Waals surface area contributed by atoms with E-state index in [2.05, 4.69) is 4.74 Å². The summed E-state index contributed by atoms with van der Waals surface area (Å²) in [4.78, 5) is 33.3. The summed E-state index contributed by atoms with van der Waals surface area (Å²) in [5.74, 6) is -3.65. The van der Waals surface area contributed by atoms with Crippen LogP contribution in [0, 0.1) is 0 Å². The number of allylic oxidation sites excluding steroid dienone is 1. The lowest BCUT2D eigenvalue weighted by Gasteiger charge is -2.30. The largest absolute Gasteiger partial charge is 0.471 e. The first-order chi connectivity index (χ1) is 8.21. The molecule has 0 fully saturated rings. The molecule has 0 bridgehead atoms. The van der Waals surface area contributed by atoms with E-state index in [1.165, 1.54) is 0 Å². The zero-order chi connectivity index (χ0) is 14.0. The maximum atomic E-state index is 12.2. The summed E-state index contributed by atoms with van der Waals surface area (Å²) in [5.41, 5.74) is -1.94. The van der Waals surface area contributed by atoms with E-state index in [-0.39, 0.29) is 18.6 Å². The maximum Gasteiger partial charge on any atom is 0.471 e. The molecule has 0 radical (unpaired) electrons. The number of ketones is 1. The van der Waals surface area contributed by atoms with Gasteiger partial charge in [-0.05, 0) is 18.6 Å². The fraction of sp³-hybridized carbons (Fsp3) is 0.500. The van der Waals surface area contributed by atoms with Gasteiger partial charge in [-0.1, -0.05) is 0 Å². The second-order valence-corrected chi connectivity index (χ2v) is 3.71. The third kappa shape index (κ3) is 2.88.